The zero-order valence-electron chi connectivity index (χ0n) is 15.4. The molecule has 0 unspecified atom stereocenters. The number of nitrogens with zero attached hydrogens (tertiary/aromatic N) is 5. The average molecular weight is 377 g/mol. The Morgan fingerprint density at radius 1 is 1.25 bits per heavy atom. The Balaban J connectivity index is 1.62. The minimum atomic E-state index is 0.0277. The quantitative estimate of drug-likeness (QED) is 0.700. The molecule has 0 radical (unpaired) electrons. The molecular formula is C20H19N5O3. The average Bonchev–Trinajstić information content (AvgIpc) is 3.06. The molecule has 0 bridgehead atoms. The van der Waals surface area contributed by atoms with Gasteiger partial charge in [-0.25, -0.2) is 4.68 Å². The summed E-state index contributed by atoms with van der Waals surface area (Å²) in [5.41, 5.74) is 0.995. The Labute approximate surface area is 162 Å². The lowest BCUT2D eigenvalue weighted by molar-refractivity contribution is 0.174. The summed E-state index contributed by atoms with van der Waals surface area (Å²) in [4.78, 5) is 8.62. The Bertz CT molecular complexity index is 1040. The van der Waals surface area contributed by atoms with E-state index in [0.29, 0.717) is 47.1 Å². The number of nitriles is 1. The summed E-state index contributed by atoms with van der Waals surface area (Å²) in [7, 11) is 0. The zero-order chi connectivity index (χ0) is 19.5. The molecule has 0 spiro atoms. The van der Waals surface area contributed by atoms with Gasteiger partial charge in [0, 0.05) is 6.07 Å². The Morgan fingerprint density at radius 3 is 2.75 bits per heavy atom. The number of hydrogen-bond donors (Lipinski definition) is 1. The summed E-state index contributed by atoms with van der Waals surface area (Å²) >= 11 is 0. The lowest BCUT2D eigenvalue weighted by Gasteiger charge is -2.24. The first-order valence-electron chi connectivity index (χ1n) is 9.05. The van der Waals surface area contributed by atoms with Gasteiger partial charge in [-0.3, -0.25) is 0 Å². The third-order valence-electron chi connectivity index (χ3n) is 4.60. The van der Waals surface area contributed by atoms with Crippen molar-refractivity contribution in [1.29, 1.82) is 5.26 Å². The van der Waals surface area contributed by atoms with Crippen molar-refractivity contribution in [1.82, 2.24) is 19.7 Å². The van der Waals surface area contributed by atoms with Crippen LogP contribution in [-0.2, 0) is 0 Å². The number of rotatable bonds is 6. The molecule has 3 aromatic rings. The van der Waals surface area contributed by atoms with Crippen molar-refractivity contribution in [3.63, 3.8) is 0 Å². The Hall–Kier alpha value is -3.60. The molecule has 1 fully saturated rings. The first-order chi connectivity index (χ1) is 13.6. The number of aryl methyl sites for hydroxylation is 1. The molecule has 1 saturated carbocycles. The van der Waals surface area contributed by atoms with Crippen LogP contribution >= 0.6 is 0 Å². The number of hydrogen-bond acceptors (Lipinski definition) is 7. The van der Waals surface area contributed by atoms with Crippen LogP contribution in [-0.4, -0.2) is 31.5 Å². The predicted octanol–water partition coefficient (Wildman–Crippen LogP) is 3.52. The van der Waals surface area contributed by atoms with Crippen LogP contribution in [0.25, 0.3) is 5.69 Å². The lowest BCUT2D eigenvalue weighted by Crippen LogP contribution is -2.19. The summed E-state index contributed by atoms with van der Waals surface area (Å²) in [5.74, 6) is 2.29. The highest BCUT2D eigenvalue weighted by Crippen LogP contribution is 2.31. The summed E-state index contributed by atoms with van der Waals surface area (Å²) < 4.78 is 13.2. The van der Waals surface area contributed by atoms with Gasteiger partial charge in [-0.15, -0.1) is 0 Å². The van der Waals surface area contributed by atoms with Crippen molar-refractivity contribution < 1.29 is 14.6 Å². The van der Waals surface area contributed by atoms with Crippen LogP contribution in [0.15, 0.2) is 36.7 Å². The first kappa shape index (κ1) is 17.8. The standard InChI is InChI=1S/C20H19N5O3/c1-13-23-19(27-12-14-3-2-4-14)8-20(24-13)28-18-7-15(9-21)5-6-17(18)25-11-16(26)10-22-25/h5-8,10-11,14,26H,2-4,12H2,1H3. The molecule has 4 rings (SSSR count). The third kappa shape index (κ3) is 3.88. The normalized spacial score (nSPS) is 13.6. The maximum absolute atomic E-state index is 9.58. The second-order valence-corrected chi connectivity index (χ2v) is 6.74. The highest BCUT2D eigenvalue weighted by atomic mass is 16.5. The van der Waals surface area contributed by atoms with Crippen LogP contribution in [0.3, 0.4) is 0 Å². The lowest BCUT2D eigenvalue weighted by atomic mass is 9.86. The highest BCUT2D eigenvalue weighted by Gasteiger charge is 2.19. The van der Waals surface area contributed by atoms with Crippen LogP contribution in [0.5, 0.6) is 23.3 Å². The van der Waals surface area contributed by atoms with E-state index < -0.39 is 0 Å². The molecule has 8 nitrogen and oxygen atoms in total. The van der Waals surface area contributed by atoms with Crippen LogP contribution in [0, 0.1) is 24.2 Å². The van der Waals surface area contributed by atoms with Crippen molar-refractivity contribution in [3.05, 3.63) is 48.0 Å². The van der Waals surface area contributed by atoms with Gasteiger partial charge in [0.15, 0.2) is 11.5 Å². The van der Waals surface area contributed by atoms with Crippen molar-refractivity contribution in [3.8, 4) is 35.0 Å². The largest absolute Gasteiger partial charge is 0.505 e. The summed E-state index contributed by atoms with van der Waals surface area (Å²) in [6, 6.07) is 8.67. The van der Waals surface area contributed by atoms with E-state index in [1.54, 1.807) is 31.2 Å². The number of benzene rings is 1. The molecule has 28 heavy (non-hydrogen) atoms. The van der Waals surface area contributed by atoms with Gasteiger partial charge in [-0.05, 0) is 37.8 Å². The van der Waals surface area contributed by atoms with E-state index in [1.807, 2.05) is 0 Å². The van der Waals surface area contributed by atoms with E-state index in [1.165, 1.54) is 36.3 Å². The molecule has 0 atom stereocenters. The minimum absolute atomic E-state index is 0.0277. The van der Waals surface area contributed by atoms with E-state index in [0.717, 1.165) is 0 Å². The molecule has 1 aliphatic rings. The number of ether oxygens (including phenoxy) is 2. The molecule has 1 N–H and O–H groups in total. The van der Waals surface area contributed by atoms with E-state index in [2.05, 4.69) is 21.1 Å². The van der Waals surface area contributed by atoms with Gasteiger partial charge in [-0.1, -0.05) is 6.42 Å². The van der Waals surface area contributed by atoms with E-state index in [4.69, 9.17) is 9.47 Å². The zero-order valence-corrected chi connectivity index (χ0v) is 15.4. The van der Waals surface area contributed by atoms with Crippen molar-refractivity contribution in [2.75, 3.05) is 6.61 Å². The van der Waals surface area contributed by atoms with Crippen LogP contribution < -0.4 is 9.47 Å². The fraction of sp³-hybridized carbons (Fsp3) is 0.300. The summed E-state index contributed by atoms with van der Waals surface area (Å²) in [6.07, 6.45) is 6.41. The Kier molecular flexibility index (Phi) is 4.81. The van der Waals surface area contributed by atoms with E-state index >= 15 is 0 Å². The number of aromatic hydroxyl groups is 1. The van der Waals surface area contributed by atoms with Crippen molar-refractivity contribution >= 4 is 0 Å². The topological polar surface area (TPSA) is 106 Å². The second-order valence-electron chi connectivity index (χ2n) is 6.74. The van der Waals surface area contributed by atoms with Crippen LogP contribution in [0.2, 0.25) is 0 Å². The van der Waals surface area contributed by atoms with E-state index in [-0.39, 0.29) is 5.75 Å². The van der Waals surface area contributed by atoms with Gasteiger partial charge in [0.2, 0.25) is 11.8 Å². The highest BCUT2D eigenvalue weighted by molar-refractivity contribution is 5.52. The summed E-state index contributed by atoms with van der Waals surface area (Å²) in [5, 5.41) is 22.9. The van der Waals surface area contributed by atoms with Crippen molar-refractivity contribution in [2.24, 2.45) is 5.92 Å². The minimum Gasteiger partial charge on any atom is -0.505 e. The monoisotopic (exact) mass is 377 g/mol. The molecule has 142 valence electrons. The van der Waals surface area contributed by atoms with Gasteiger partial charge in [0.05, 0.1) is 36.7 Å². The molecule has 1 aliphatic carbocycles. The van der Waals surface area contributed by atoms with Gasteiger partial charge >= 0.3 is 0 Å². The predicted molar refractivity (Wildman–Crippen MR) is 99.6 cm³/mol. The summed E-state index contributed by atoms with van der Waals surface area (Å²) in [6.45, 7) is 2.40. The van der Waals surface area contributed by atoms with Crippen LogP contribution in [0.1, 0.15) is 30.7 Å². The molecule has 0 amide bonds. The third-order valence-corrected chi connectivity index (χ3v) is 4.60. The molecular weight excluding hydrogens is 358 g/mol. The molecule has 2 aromatic heterocycles. The fourth-order valence-corrected chi connectivity index (χ4v) is 2.92. The van der Waals surface area contributed by atoms with E-state index in [9.17, 15) is 10.4 Å². The molecule has 8 heteroatoms. The van der Waals surface area contributed by atoms with Crippen molar-refractivity contribution in [2.45, 2.75) is 26.2 Å². The number of aromatic nitrogens is 4. The molecule has 0 aliphatic heterocycles. The molecule has 1 aromatic carbocycles. The molecule has 2 heterocycles. The fourth-order valence-electron chi connectivity index (χ4n) is 2.92. The maximum atomic E-state index is 9.58. The second kappa shape index (κ2) is 7.56. The first-order valence-corrected chi connectivity index (χ1v) is 9.05. The van der Waals surface area contributed by atoms with Gasteiger partial charge in [0.1, 0.15) is 11.5 Å². The molecule has 0 saturated heterocycles. The van der Waals surface area contributed by atoms with Crippen LogP contribution in [0.4, 0.5) is 0 Å². The SMILES string of the molecule is Cc1nc(OCC2CCC2)cc(Oc2cc(C#N)ccc2-n2cc(O)cn2)n1. The maximum Gasteiger partial charge on any atom is 0.226 e. The van der Waals surface area contributed by atoms with Gasteiger partial charge < -0.3 is 14.6 Å². The van der Waals surface area contributed by atoms with Gasteiger partial charge in [0.25, 0.3) is 0 Å². The van der Waals surface area contributed by atoms with Gasteiger partial charge in [-0.2, -0.15) is 20.3 Å². The Morgan fingerprint density at radius 2 is 2.07 bits per heavy atom. The smallest absolute Gasteiger partial charge is 0.226 e.